The van der Waals surface area contributed by atoms with Crippen LogP contribution in [0.25, 0.3) is 5.69 Å². The summed E-state index contributed by atoms with van der Waals surface area (Å²) < 4.78 is 20.4. The molecule has 0 unspecified atom stereocenters. The first-order chi connectivity index (χ1) is 14.4. The molecule has 4 N–H and O–H groups in total. The molecule has 0 saturated heterocycles. The Kier molecular flexibility index (Phi) is 4.74. The van der Waals surface area contributed by atoms with E-state index in [0.29, 0.717) is 34.2 Å². The van der Waals surface area contributed by atoms with Crippen molar-refractivity contribution in [3.63, 3.8) is 0 Å². The molecule has 0 aliphatic carbocycles. The Morgan fingerprint density at radius 2 is 1.97 bits per heavy atom. The van der Waals surface area contributed by atoms with Gasteiger partial charge in [0.25, 0.3) is 0 Å². The van der Waals surface area contributed by atoms with E-state index >= 15 is 0 Å². The fraction of sp³-hybridized carbons (Fsp3) is 0.0909. The Morgan fingerprint density at radius 1 is 1.23 bits per heavy atom. The summed E-state index contributed by atoms with van der Waals surface area (Å²) in [6.07, 6.45) is 7.39. The highest BCUT2D eigenvalue weighted by Gasteiger charge is 2.28. The minimum Gasteiger partial charge on any atom is -0.497 e. The number of nitrogens with two attached hydrogens (primary N) is 2. The van der Waals surface area contributed by atoms with Crippen LogP contribution in [0.15, 0.2) is 60.2 Å². The largest absolute Gasteiger partial charge is 0.497 e. The number of Topliss-reactive ketones (excluding diaryl/α,β-unsaturated/α-hetero) is 1. The summed E-state index contributed by atoms with van der Waals surface area (Å²) in [7, 11) is 1.54. The van der Waals surface area contributed by atoms with Crippen LogP contribution in [0.4, 0.5) is 10.1 Å². The molecule has 2 heterocycles. The Bertz CT molecular complexity index is 1220. The van der Waals surface area contributed by atoms with Gasteiger partial charge in [-0.3, -0.25) is 14.4 Å². The molecule has 30 heavy (non-hydrogen) atoms. The molecule has 7 nitrogen and oxygen atoms in total. The van der Waals surface area contributed by atoms with Crippen molar-refractivity contribution in [2.24, 2.45) is 11.6 Å². The third-order valence-electron chi connectivity index (χ3n) is 4.99. The molecule has 0 atom stereocenters. The van der Waals surface area contributed by atoms with Crippen LogP contribution in [0.2, 0.25) is 0 Å². The Morgan fingerprint density at radius 3 is 2.63 bits per heavy atom. The summed E-state index contributed by atoms with van der Waals surface area (Å²) >= 11 is 0. The summed E-state index contributed by atoms with van der Waals surface area (Å²) in [5.41, 5.74) is 9.14. The smallest absolute Gasteiger partial charge is 0.210 e. The topological polar surface area (TPSA) is 99.4 Å². The predicted molar refractivity (Wildman–Crippen MR) is 110 cm³/mol. The number of ketones is 1. The zero-order valence-corrected chi connectivity index (χ0v) is 16.1. The third kappa shape index (κ3) is 3.07. The number of allylic oxidation sites excluding steroid dienone is 2. The molecule has 4 rings (SSSR count). The van der Waals surface area contributed by atoms with E-state index in [1.165, 1.54) is 29.3 Å². The van der Waals surface area contributed by atoms with Gasteiger partial charge < -0.3 is 10.5 Å². The van der Waals surface area contributed by atoms with E-state index in [4.69, 9.17) is 22.7 Å². The Hall–Kier alpha value is -4.09. The third-order valence-corrected chi connectivity index (χ3v) is 4.99. The summed E-state index contributed by atoms with van der Waals surface area (Å²) in [6.45, 7) is 0. The van der Waals surface area contributed by atoms with Gasteiger partial charge in [0.2, 0.25) is 5.78 Å². The zero-order chi connectivity index (χ0) is 21.4. The maximum absolute atomic E-state index is 13.2. The maximum atomic E-state index is 13.2. The first kappa shape index (κ1) is 19.2. The van der Waals surface area contributed by atoms with Crippen LogP contribution >= 0.6 is 0 Å². The number of terminal acetylenes is 1. The van der Waals surface area contributed by atoms with Gasteiger partial charge in [0.1, 0.15) is 29.3 Å². The molecule has 0 spiro atoms. The lowest BCUT2D eigenvalue weighted by Crippen LogP contribution is -2.34. The minimum absolute atomic E-state index is 0.0736. The normalized spacial score (nSPS) is 14.3. The van der Waals surface area contributed by atoms with Gasteiger partial charge in [-0.25, -0.2) is 15.2 Å². The molecule has 2 aromatic carbocycles. The number of carbonyl (C=O) groups excluding carboxylic acids is 1. The van der Waals surface area contributed by atoms with Crippen LogP contribution in [-0.4, -0.2) is 22.4 Å². The SMILES string of the molecule is C#Cc1ncn2c1C/C(=C(/N)C(=O)c1ccc(F)cc1)N(N)c1cc(OC)ccc1-2. The number of fused-ring (bicyclic) bond motifs is 3. The van der Waals surface area contributed by atoms with Crippen LogP contribution in [0.3, 0.4) is 0 Å². The van der Waals surface area contributed by atoms with Crippen molar-refractivity contribution in [3.8, 4) is 23.8 Å². The van der Waals surface area contributed by atoms with Gasteiger partial charge in [-0.05, 0) is 42.3 Å². The number of halogens is 1. The number of ether oxygens (including phenoxy) is 1. The predicted octanol–water partition coefficient (Wildman–Crippen LogP) is 2.29. The lowest BCUT2D eigenvalue weighted by molar-refractivity contribution is 0.103. The Labute approximate surface area is 172 Å². The lowest BCUT2D eigenvalue weighted by atomic mass is 10.0. The summed E-state index contributed by atoms with van der Waals surface area (Å²) in [4.78, 5) is 17.3. The van der Waals surface area contributed by atoms with Gasteiger partial charge in [-0.2, -0.15) is 0 Å². The molecule has 3 aromatic rings. The number of carbonyl (C=O) groups is 1. The van der Waals surface area contributed by atoms with Crippen molar-refractivity contribution in [1.82, 2.24) is 9.55 Å². The fourth-order valence-electron chi connectivity index (χ4n) is 3.40. The molecule has 0 radical (unpaired) electrons. The van der Waals surface area contributed by atoms with Crippen molar-refractivity contribution in [3.05, 3.63) is 83.0 Å². The number of anilines is 1. The van der Waals surface area contributed by atoms with Crippen molar-refractivity contribution in [1.29, 1.82) is 0 Å². The molecule has 0 fully saturated rings. The number of methoxy groups -OCH3 is 1. The molecule has 1 aliphatic rings. The average molecular weight is 403 g/mol. The van der Waals surface area contributed by atoms with Crippen LogP contribution in [0, 0.1) is 18.2 Å². The monoisotopic (exact) mass is 403 g/mol. The first-order valence-corrected chi connectivity index (χ1v) is 8.99. The van der Waals surface area contributed by atoms with Crippen molar-refractivity contribution in [2.75, 3.05) is 12.1 Å². The highest BCUT2D eigenvalue weighted by molar-refractivity contribution is 6.08. The molecule has 8 heteroatoms. The molecule has 0 bridgehead atoms. The quantitative estimate of drug-likeness (QED) is 0.301. The van der Waals surface area contributed by atoms with Crippen LogP contribution in [-0.2, 0) is 6.42 Å². The van der Waals surface area contributed by atoms with E-state index in [-0.39, 0.29) is 17.7 Å². The van der Waals surface area contributed by atoms with Crippen molar-refractivity contribution in [2.45, 2.75) is 6.42 Å². The second-order valence-corrected chi connectivity index (χ2v) is 6.65. The number of hydrazine groups is 1. The van der Waals surface area contributed by atoms with E-state index in [1.54, 1.807) is 25.6 Å². The highest BCUT2D eigenvalue weighted by Crippen LogP contribution is 2.36. The molecule has 150 valence electrons. The highest BCUT2D eigenvalue weighted by atomic mass is 19.1. The van der Waals surface area contributed by atoms with E-state index < -0.39 is 11.6 Å². The number of aromatic nitrogens is 2. The number of benzene rings is 2. The zero-order valence-electron chi connectivity index (χ0n) is 16.1. The van der Waals surface area contributed by atoms with E-state index in [2.05, 4.69) is 10.9 Å². The van der Waals surface area contributed by atoms with E-state index in [0.717, 1.165) is 0 Å². The first-order valence-electron chi connectivity index (χ1n) is 8.99. The maximum Gasteiger partial charge on any atom is 0.210 e. The summed E-state index contributed by atoms with van der Waals surface area (Å²) in [6, 6.07) is 10.5. The number of rotatable bonds is 3. The minimum atomic E-state index is -0.472. The molecular weight excluding hydrogens is 385 g/mol. The molecule has 0 amide bonds. The second-order valence-electron chi connectivity index (χ2n) is 6.65. The van der Waals surface area contributed by atoms with Gasteiger partial charge in [-0.15, -0.1) is 6.42 Å². The Balaban J connectivity index is 1.92. The van der Waals surface area contributed by atoms with Gasteiger partial charge in [0.05, 0.1) is 29.9 Å². The van der Waals surface area contributed by atoms with E-state index in [9.17, 15) is 9.18 Å². The average Bonchev–Trinajstić information content (AvgIpc) is 3.13. The standard InChI is InChI=1S/C22H18FN5O2/c1-3-16-18-11-20(21(24)22(29)13-4-6-14(23)7-5-13)28(25)19-10-15(30-2)8-9-17(19)27(18)12-26-16/h1,4-10,12H,11,24-25H2,2H3/b21-20-. The van der Waals surface area contributed by atoms with Crippen LogP contribution in [0.5, 0.6) is 5.75 Å². The van der Waals surface area contributed by atoms with Gasteiger partial charge in [0, 0.05) is 18.1 Å². The van der Waals surface area contributed by atoms with Crippen molar-refractivity contribution < 1.29 is 13.9 Å². The summed E-state index contributed by atoms with van der Waals surface area (Å²) in [5, 5.41) is 1.35. The summed E-state index contributed by atoms with van der Waals surface area (Å²) in [5.74, 6) is 8.64. The van der Waals surface area contributed by atoms with Gasteiger partial charge in [-0.1, -0.05) is 0 Å². The van der Waals surface area contributed by atoms with Gasteiger partial charge in [0.15, 0.2) is 0 Å². The van der Waals surface area contributed by atoms with Crippen LogP contribution < -0.4 is 21.3 Å². The van der Waals surface area contributed by atoms with Crippen molar-refractivity contribution >= 4 is 11.5 Å². The molecular formula is C22H18FN5O2. The number of imidazole rings is 1. The van der Waals surface area contributed by atoms with Crippen LogP contribution in [0.1, 0.15) is 21.7 Å². The molecule has 0 saturated carbocycles. The lowest BCUT2D eigenvalue weighted by Gasteiger charge is -2.23. The fourth-order valence-corrected chi connectivity index (χ4v) is 3.40. The molecule has 1 aromatic heterocycles. The second kappa shape index (κ2) is 7.39. The number of nitrogens with zero attached hydrogens (tertiary/aromatic N) is 3. The van der Waals surface area contributed by atoms with E-state index in [1.807, 2.05) is 10.6 Å². The number of hydrogen-bond acceptors (Lipinski definition) is 6. The number of hydrogen-bond donors (Lipinski definition) is 2. The molecule has 1 aliphatic heterocycles. The van der Waals surface area contributed by atoms with Gasteiger partial charge >= 0.3 is 0 Å².